The Morgan fingerprint density at radius 3 is 2.20 bits per heavy atom. The number of benzene rings is 1. The third-order valence-electron chi connectivity index (χ3n) is 2.98. The summed E-state index contributed by atoms with van der Waals surface area (Å²) in [6.45, 7) is 5.57. The molecule has 1 aliphatic carbocycles. The highest BCUT2D eigenvalue weighted by Crippen LogP contribution is 2.47. The van der Waals surface area contributed by atoms with Crippen LogP contribution in [-0.4, -0.2) is 13.2 Å². The van der Waals surface area contributed by atoms with E-state index in [1.54, 1.807) is 18.2 Å². The molecule has 15 heavy (non-hydrogen) atoms. The maximum atomic E-state index is 12.2. The summed E-state index contributed by atoms with van der Waals surface area (Å²) in [4.78, 5) is 0.408. The molecule has 1 aliphatic rings. The SMILES string of the molecule is C=CC1(S(=O)(=O)c2ccc(C)cc2)CC1. The zero-order chi connectivity index (χ0) is 11.1. The average molecular weight is 222 g/mol. The van der Waals surface area contributed by atoms with E-state index in [0.29, 0.717) is 17.7 Å². The van der Waals surface area contributed by atoms with Crippen molar-refractivity contribution in [2.24, 2.45) is 0 Å². The van der Waals surface area contributed by atoms with Crippen LogP contribution in [0.2, 0.25) is 0 Å². The number of hydrogen-bond donors (Lipinski definition) is 0. The Hall–Kier alpha value is -1.09. The van der Waals surface area contributed by atoms with Crippen LogP contribution in [0.25, 0.3) is 0 Å². The molecule has 0 unspecified atom stereocenters. The van der Waals surface area contributed by atoms with Crippen LogP contribution in [0.4, 0.5) is 0 Å². The van der Waals surface area contributed by atoms with Gasteiger partial charge in [0.25, 0.3) is 0 Å². The molecular weight excluding hydrogens is 208 g/mol. The molecule has 1 aromatic carbocycles. The first kappa shape index (κ1) is 10.4. The molecule has 1 fully saturated rings. The van der Waals surface area contributed by atoms with Crippen LogP contribution in [0.5, 0.6) is 0 Å². The molecule has 0 atom stereocenters. The van der Waals surface area contributed by atoms with Crippen LogP contribution in [-0.2, 0) is 9.84 Å². The fourth-order valence-corrected chi connectivity index (χ4v) is 3.48. The lowest BCUT2D eigenvalue weighted by Gasteiger charge is -2.11. The second-order valence-corrected chi connectivity index (χ2v) is 6.38. The molecule has 0 amide bonds. The van der Waals surface area contributed by atoms with E-state index in [-0.39, 0.29) is 0 Å². The Bertz CT molecular complexity index is 479. The van der Waals surface area contributed by atoms with E-state index in [0.717, 1.165) is 5.56 Å². The highest BCUT2D eigenvalue weighted by atomic mass is 32.2. The summed E-state index contributed by atoms with van der Waals surface area (Å²) in [6, 6.07) is 7.00. The molecule has 2 nitrogen and oxygen atoms in total. The minimum Gasteiger partial charge on any atom is -0.223 e. The topological polar surface area (TPSA) is 34.1 Å². The average Bonchev–Trinajstić information content (AvgIpc) is 2.99. The highest BCUT2D eigenvalue weighted by Gasteiger charge is 2.52. The van der Waals surface area contributed by atoms with Gasteiger partial charge in [0.2, 0.25) is 0 Å². The Balaban J connectivity index is 2.47. The lowest BCUT2D eigenvalue weighted by atomic mass is 10.2. The van der Waals surface area contributed by atoms with Gasteiger partial charge in [0.05, 0.1) is 9.64 Å². The van der Waals surface area contributed by atoms with Crippen LogP contribution < -0.4 is 0 Å². The van der Waals surface area contributed by atoms with Gasteiger partial charge >= 0.3 is 0 Å². The number of aryl methyl sites for hydroxylation is 1. The van der Waals surface area contributed by atoms with Gasteiger partial charge in [-0.15, -0.1) is 6.58 Å². The zero-order valence-corrected chi connectivity index (χ0v) is 9.55. The Kier molecular flexibility index (Phi) is 2.23. The molecule has 80 valence electrons. The minimum absolute atomic E-state index is 0.408. The van der Waals surface area contributed by atoms with Gasteiger partial charge in [-0.3, -0.25) is 0 Å². The van der Waals surface area contributed by atoms with Gasteiger partial charge in [0.1, 0.15) is 0 Å². The molecular formula is C12H14O2S. The van der Waals surface area contributed by atoms with E-state index >= 15 is 0 Å². The molecule has 0 heterocycles. The number of sulfone groups is 1. The molecule has 0 bridgehead atoms. The van der Waals surface area contributed by atoms with Gasteiger partial charge in [-0.1, -0.05) is 23.8 Å². The predicted octanol–water partition coefficient (Wildman–Crippen LogP) is 2.49. The summed E-state index contributed by atoms with van der Waals surface area (Å²) in [5, 5.41) is 0. The molecule has 0 aliphatic heterocycles. The van der Waals surface area contributed by atoms with E-state index in [1.807, 2.05) is 19.1 Å². The first-order valence-corrected chi connectivity index (χ1v) is 6.45. The molecule has 0 aromatic heterocycles. The summed E-state index contributed by atoms with van der Waals surface area (Å²) in [6.07, 6.45) is 2.97. The normalized spacial score (nSPS) is 18.5. The van der Waals surface area contributed by atoms with Crippen molar-refractivity contribution in [1.29, 1.82) is 0 Å². The van der Waals surface area contributed by atoms with Crippen molar-refractivity contribution in [3.8, 4) is 0 Å². The summed E-state index contributed by atoms with van der Waals surface area (Å²) in [5.74, 6) is 0. The Morgan fingerprint density at radius 2 is 1.80 bits per heavy atom. The molecule has 3 heteroatoms. The first-order chi connectivity index (χ1) is 7.02. The van der Waals surface area contributed by atoms with E-state index in [4.69, 9.17) is 0 Å². The summed E-state index contributed by atoms with van der Waals surface area (Å²) < 4.78 is 23.7. The van der Waals surface area contributed by atoms with Crippen molar-refractivity contribution >= 4 is 9.84 Å². The van der Waals surface area contributed by atoms with Crippen LogP contribution >= 0.6 is 0 Å². The predicted molar refractivity (Wildman–Crippen MR) is 60.5 cm³/mol. The van der Waals surface area contributed by atoms with Crippen molar-refractivity contribution in [3.05, 3.63) is 42.5 Å². The zero-order valence-electron chi connectivity index (χ0n) is 8.73. The first-order valence-electron chi connectivity index (χ1n) is 4.97. The second kappa shape index (κ2) is 3.20. The van der Waals surface area contributed by atoms with Crippen molar-refractivity contribution in [2.75, 3.05) is 0 Å². The fraction of sp³-hybridized carbons (Fsp3) is 0.333. The van der Waals surface area contributed by atoms with Crippen molar-refractivity contribution in [3.63, 3.8) is 0 Å². The van der Waals surface area contributed by atoms with Gasteiger partial charge in [-0.2, -0.15) is 0 Å². The van der Waals surface area contributed by atoms with Crippen LogP contribution in [0.15, 0.2) is 41.8 Å². The third kappa shape index (κ3) is 1.51. The van der Waals surface area contributed by atoms with Crippen LogP contribution in [0.1, 0.15) is 18.4 Å². The molecule has 0 spiro atoms. The van der Waals surface area contributed by atoms with Gasteiger partial charge in [0.15, 0.2) is 9.84 Å². The largest absolute Gasteiger partial charge is 0.223 e. The maximum absolute atomic E-state index is 12.2. The molecule has 0 radical (unpaired) electrons. The molecule has 0 N–H and O–H groups in total. The van der Waals surface area contributed by atoms with Crippen LogP contribution in [0.3, 0.4) is 0 Å². The third-order valence-corrected chi connectivity index (χ3v) is 5.52. The lowest BCUT2D eigenvalue weighted by Crippen LogP contribution is -2.20. The fourth-order valence-electron chi connectivity index (χ4n) is 1.66. The van der Waals surface area contributed by atoms with Crippen LogP contribution in [0, 0.1) is 6.92 Å². The molecule has 0 saturated heterocycles. The summed E-state index contributed by atoms with van der Waals surface area (Å²) >= 11 is 0. The monoisotopic (exact) mass is 222 g/mol. The summed E-state index contributed by atoms with van der Waals surface area (Å²) in [5.41, 5.74) is 1.07. The van der Waals surface area contributed by atoms with Gasteiger partial charge in [0, 0.05) is 0 Å². The summed E-state index contributed by atoms with van der Waals surface area (Å²) in [7, 11) is -3.21. The maximum Gasteiger partial charge on any atom is 0.187 e. The van der Waals surface area contributed by atoms with Gasteiger partial charge in [-0.05, 0) is 31.9 Å². The lowest BCUT2D eigenvalue weighted by molar-refractivity contribution is 0.587. The molecule has 2 rings (SSSR count). The van der Waals surface area contributed by atoms with E-state index in [9.17, 15) is 8.42 Å². The Morgan fingerprint density at radius 1 is 1.27 bits per heavy atom. The number of hydrogen-bond acceptors (Lipinski definition) is 2. The standard InChI is InChI=1S/C12H14O2S/c1-3-12(8-9-12)15(13,14)11-6-4-10(2)5-7-11/h3-7H,1,8-9H2,2H3. The van der Waals surface area contributed by atoms with E-state index in [1.165, 1.54) is 0 Å². The van der Waals surface area contributed by atoms with Gasteiger partial charge < -0.3 is 0 Å². The van der Waals surface area contributed by atoms with E-state index in [2.05, 4.69) is 6.58 Å². The Labute approximate surface area is 90.6 Å². The molecule has 1 aromatic rings. The van der Waals surface area contributed by atoms with E-state index < -0.39 is 14.6 Å². The quantitative estimate of drug-likeness (QED) is 0.736. The van der Waals surface area contributed by atoms with Crippen molar-refractivity contribution < 1.29 is 8.42 Å². The molecule has 1 saturated carbocycles. The second-order valence-electron chi connectivity index (χ2n) is 4.09. The van der Waals surface area contributed by atoms with Crippen molar-refractivity contribution in [1.82, 2.24) is 0 Å². The van der Waals surface area contributed by atoms with Crippen molar-refractivity contribution in [2.45, 2.75) is 29.4 Å². The highest BCUT2D eigenvalue weighted by molar-refractivity contribution is 7.93. The smallest absolute Gasteiger partial charge is 0.187 e. The minimum atomic E-state index is -3.21. The van der Waals surface area contributed by atoms with Gasteiger partial charge in [-0.25, -0.2) is 8.42 Å². The number of rotatable bonds is 3.